The van der Waals surface area contributed by atoms with Crippen LogP contribution in [-0.2, 0) is 18.4 Å². The number of ether oxygens (including phenoxy) is 1. The van der Waals surface area contributed by atoms with E-state index < -0.39 is 0 Å². The van der Waals surface area contributed by atoms with Crippen LogP contribution in [0.2, 0.25) is 0 Å². The minimum Gasteiger partial charge on any atom is -0.497 e. The van der Waals surface area contributed by atoms with Gasteiger partial charge in [-0.25, -0.2) is 0 Å². The number of hydrogen-bond acceptors (Lipinski definition) is 2. The summed E-state index contributed by atoms with van der Waals surface area (Å²) in [4.78, 5) is 12.1. The minimum atomic E-state index is 0.106. The maximum absolute atomic E-state index is 12.1. The number of aromatic nitrogens is 1. The van der Waals surface area contributed by atoms with Crippen molar-refractivity contribution in [3.63, 3.8) is 0 Å². The number of carbonyl (C=O) groups is 1. The van der Waals surface area contributed by atoms with Gasteiger partial charge in [0.25, 0.3) is 0 Å². The Morgan fingerprint density at radius 2 is 2.05 bits per heavy atom. The molecule has 1 aromatic carbocycles. The van der Waals surface area contributed by atoms with E-state index in [-0.39, 0.29) is 11.8 Å². The van der Waals surface area contributed by atoms with E-state index in [0.29, 0.717) is 6.54 Å². The van der Waals surface area contributed by atoms with Crippen molar-refractivity contribution in [1.82, 2.24) is 9.88 Å². The van der Waals surface area contributed by atoms with Crippen LogP contribution >= 0.6 is 0 Å². The topological polar surface area (TPSA) is 43.3 Å². The molecule has 2 aromatic rings. The summed E-state index contributed by atoms with van der Waals surface area (Å²) in [7, 11) is 3.68. The molecule has 4 nitrogen and oxygen atoms in total. The summed E-state index contributed by atoms with van der Waals surface area (Å²) < 4.78 is 7.37. The number of nitrogens with one attached hydrogen (secondary N) is 1. The number of hydrogen-bond donors (Lipinski definition) is 1. The summed E-state index contributed by atoms with van der Waals surface area (Å²) in [6.45, 7) is 4.66. The standard InChI is InChI=1S/C17H24N2O2/c1-5-12(6-2)17(20)18-10-13-11-19(3)16-8-7-14(21-4)9-15(13)16/h7-9,11-12H,5-6,10H2,1-4H3,(H,18,20). The smallest absolute Gasteiger partial charge is 0.223 e. The van der Waals surface area contributed by atoms with Crippen molar-refractivity contribution < 1.29 is 9.53 Å². The van der Waals surface area contributed by atoms with E-state index in [4.69, 9.17) is 4.74 Å². The fraction of sp³-hybridized carbons (Fsp3) is 0.471. The van der Waals surface area contributed by atoms with Gasteiger partial charge in [0.05, 0.1) is 7.11 Å². The quantitative estimate of drug-likeness (QED) is 0.886. The first-order valence-corrected chi connectivity index (χ1v) is 7.50. The molecule has 0 atom stereocenters. The number of methoxy groups -OCH3 is 1. The van der Waals surface area contributed by atoms with E-state index in [2.05, 4.69) is 29.9 Å². The number of fused-ring (bicyclic) bond motifs is 1. The molecule has 0 saturated heterocycles. The molecule has 0 spiro atoms. The number of aryl methyl sites for hydroxylation is 1. The maximum atomic E-state index is 12.1. The van der Waals surface area contributed by atoms with Crippen LogP contribution < -0.4 is 10.1 Å². The third-order valence-electron chi connectivity index (χ3n) is 4.09. The Morgan fingerprint density at radius 3 is 2.67 bits per heavy atom. The van der Waals surface area contributed by atoms with Crippen molar-refractivity contribution in [2.24, 2.45) is 13.0 Å². The lowest BCUT2D eigenvalue weighted by Crippen LogP contribution is -2.29. The number of amides is 1. The van der Waals surface area contributed by atoms with Gasteiger partial charge in [0.2, 0.25) is 5.91 Å². The zero-order chi connectivity index (χ0) is 15.4. The lowest BCUT2D eigenvalue weighted by Gasteiger charge is -2.12. The van der Waals surface area contributed by atoms with Crippen LogP contribution in [-0.4, -0.2) is 17.6 Å². The maximum Gasteiger partial charge on any atom is 0.223 e. The van der Waals surface area contributed by atoms with Crippen molar-refractivity contribution in [1.29, 1.82) is 0 Å². The summed E-state index contributed by atoms with van der Waals surface area (Å²) in [5, 5.41) is 4.18. The van der Waals surface area contributed by atoms with Gasteiger partial charge in [-0.15, -0.1) is 0 Å². The average Bonchev–Trinajstić information content (AvgIpc) is 2.82. The lowest BCUT2D eigenvalue weighted by atomic mass is 10.0. The van der Waals surface area contributed by atoms with Crippen LogP contribution in [0.25, 0.3) is 10.9 Å². The van der Waals surface area contributed by atoms with Gasteiger partial charge in [-0.1, -0.05) is 13.8 Å². The molecule has 0 saturated carbocycles. The fourth-order valence-electron chi connectivity index (χ4n) is 2.71. The second kappa shape index (κ2) is 6.66. The van der Waals surface area contributed by atoms with Crippen LogP contribution in [0, 0.1) is 5.92 Å². The van der Waals surface area contributed by atoms with E-state index in [9.17, 15) is 4.79 Å². The first kappa shape index (κ1) is 15.4. The molecule has 1 N–H and O–H groups in total. The molecule has 0 unspecified atom stereocenters. The van der Waals surface area contributed by atoms with Gasteiger partial charge in [0.1, 0.15) is 5.75 Å². The predicted octanol–water partition coefficient (Wildman–Crippen LogP) is 3.24. The Balaban J connectivity index is 2.20. The lowest BCUT2D eigenvalue weighted by molar-refractivity contribution is -0.125. The SMILES string of the molecule is CCC(CC)C(=O)NCc1cn(C)c2ccc(OC)cc12. The van der Waals surface area contributed by atoms with Crippen LogP contribution in [0.1, 0.15) is 32.3 Å². The van der Waals surface area contributed by atoms with E-state index in [1.807, 2.05) is 25.2 Å². The van der Waals surface area contributed by atoms with E-state index in [1.165, 1.54) is 0 Å². The highest BCUT2D eigenvalue weighted by Crippen LogP contribution is 2.25. The number of carbonyl (C=O) groups excluding carboxylic acids is 1. The molecule has 0 fully saturated rings. The Morgan fingerprint density at radius 1 is 1.33 bits per heavy atom. The fourth-order valence-corrected chi connectivity index (χ4v) is 2.71. The molecule has 2 rings (SSSR count). The highest BCUT2D eigenvalue weighted by molar-refractivity contribution is 5.86. The monoisotopic (exact) mass is 288 g/mol. The third kappa shape index (κ3) is 3.20. The van der Waals surface area contributed by atoms with E-state index in [0.717, 1.165) is 35.1 Å². The summed E-state index contributed by atoms with van der Waals surface area (Å²) >= 11 is 0. The molecule has 4 heteroatoms. The van der Waals surface area contributed by atoms with Gasteiger partial charge < -0.3 is 14.6 Å². The molecule has 0 radical (unpaired) electrons. The predicted molar refractivity (Wildman–Crippen MR) is 85.4 cm³/mol. The molecule has 1 heterocycles. The normalized spacial score (nSPS) is 11.1. The molecule has 0 aliphatic heterocycles. The highest BCUT2D eigenvalue weighted by Gasteiger charge is 2.15. The van der Waals surface area contributed by atoms with Gasteiger partial charge in [0.15, 0.2) is 0 Å². The third-order valence-corrected chi connectivity index (χ3v) is 4.09. The zero-order valence-electron chi connectivity index (χ0n) is 13.3. The molecular formula is C17H24N2O2. The molecule has 114 valence electrons. The first-order valence-electron chi connectivity index (χ1n) is 7.50. The van der Waals surface area contributed by atoms with Crippen LogP contribution in [0.15, 0.2) is 24.4 Å². The number of benzene rings is 1. The van der Waals surface area contributed by atoms with Crippen molar-refractivity contribution in [3.05, 3.63) is 30.0 Å². The molecule has 21 heavy (non-hydrogen) atoms. The summed E-state index contributed by atoms with van der Waals surface area (Å²) in [6.07, 6.45) is 3.83. The van der Waals surface area contributed by atoms with Gasteiger partial charge in [-0.05, 0) is 36.6 Å². The second-order valence-corrected chi connectivity index (χ2v) is 5.38. The molecule has 0 aliphatic carbocycles. The zero-order valence-corrected chi connectivity index (χ0v) is 13.3. The van der Waals surface area contributed by atoms with Gasteiger partial charge in [-0.3, -0.25) is 4.79 Å². The summed E-state index contributed by atoms with van der Waals surface area (Å²) in [5.41, 5.74) is 2.26. The molecule has 1 aromatic heterocycles. The second-order valence-electron chi connectivity index (χ2n) is 5.38. The molecule has 0 bridgehead atoms. The van der Waals surface area contributed by atoms with Crippen LogP contribution in [0.3, 0.4) is 0 Å². The Labute approximate surface area is 126 Å². The van der Waals surface area contributed by atoms with Gasteiger partial charge in [-0.2, -0.15) is 0 Å². The highest BCUT2D eigenvalue weighted by atomic mass is 16.5. The molecule has 0 aliphatic rings. The van der Waals surface area contributed by atoms with Gasteiger partial charge in [0, 0.05) is 36.6 Å². The van der Waals surface area contributed by atoms with Crippen LogP contribution in [0.4, 0.5) is 0 Å². The molecule has 1 amide bonds. The number of rotatable bonds is 6. The average molecular weight is 288 g/mol. The summed E-state index contributed by atoms with van der Waals surface area (Å²) in [6, 6.07) is 6.02. The Bertz CT molecular complexity index is 627. The number of nitrogens with zero attached hydrogens (tertiary/aromatic N) is 1. The summed E-state index contributed by atoms with van der Waals surface area (Å²) in [5.74, 6) is 1.08. The van der Waals surface area contributed by atoms with E-state index in [1.54, 1.807) is 7.11 Å². The minimum absolute atomic E-state index is 0.106. The van der Waals surface area contributed by atoms with Crippen molar-refractivity contribution in [3.8, 4) is 5.75 Å². The van der Waals surface area contributed by atoms with Gasteiger partial charge >= 0.3 is 0 Å². The Hall–Kier alpha value is -1.97. The Kier molecular flexibility index (Phi) is 4.89. The van der Waals surface area contributed by atoms with E-state index >= 15 is 0 Å². The van der Waals surface area contributed by atoms with Crippen molar-refractivity contribution in [2.75, 3.05) is 7.11 Å². The largest absolute Gasteiger partial charge is 0.497 e. The van der Waals surface area contributed by atoms with Crippen molar-refractivity contribution in [2.45, 2.75) is 33.2 Å². The molecular weight excluding hydrogens is 264 g/mol. The van der Waals surface area contributed by atoms with Crippen molar-refractivity contribution >= 4 is 16.8 Å². The van der Waals surface area contributed by atoms with Crippen LogP contribution in [0.5, 0.6) is 5.75 Å². The first-order chi connectivity index (χ1) is 10.1.